The van der Waals surface area contributed by atoms with E-state index in [-0.39, 0.29) is 29.5 Å². The summed E-state index contributed by atoms with van der Waals surface area (Å²) in [6.45, 7) is 4.45. The average molecular weight is 403 g/mol. The van der Waals surface area contributed by atoms with Crippen molar-refractivity contribution >= 4 is 5.97 Å². The van der Waals surface area contributed by atoms with Crippen LogP contribution in [0, 0.1) is 17.3 Å². The molecule has 0 heterocycles. The van der Waals surface area contributed by atoms with E-state index in [2.05, 4.69) is 36.9 Å². The van der Waals surface area contributed by atoms with Crippen molar-refractivity contribution in [1.82, 2.24) is 0 Å². The van der Waals surface area contributed by atoms with Crippen molar-refractivity contribution in [1.29, 1.82) is 0 Å². The summed E-state index contributed by atoms with van der Waals surface area (Å²) in [4.78, 5) is 12.7. The number of aliphatic hydroxyl groups is 1. The van der Waals surface area contributed by atoms with E-state index in [9.17, 15) is 9.90 Å². The molecule has 3 aliphatic carbocycles. The summed E-state index contributed by atoms with van der Waals surface area (Å²) in [7, 11) is 0. The maximum atomic E-state index is 12.7. The van der Waals surface area contributed by atoms with Crippen LogP contribution >= 0.6 is 0 Å². The number of aryl methyl sites for hydroxylation is 1. The first kappa shape index (κ1) is 19.6. The van der Waals surface area contributed by atoms with Crippen LogP contribution < -0.4 is 0 Å². The summed E-state index contributed by atoms with van der Waals surface area (Å²) in [5.41, 5.74) is 3.28. The molecule has 2 fully saturated rings. The highest BCUT2D eigenvalue weighted by molar-refractivity contribution is 5.89. The summed E-state index contributed by atoms with van der Waals surface area (Å²) in [6.07, 6.45) is 7.78. The molecule has 0 aromatic heterocycles. The molecule has 3 aliphatic rings. The predicted octanol–water partition coefficient (Wildman–Crippen LogP) is 5.08. The van der Waals surface area contributed by atoms with E-state index in [1.54, 1.807) is 12.1 Å². The highest BCUT2D eigenvalue weighted by Gasteiger charge is 2.60. The largest absolute Gasteiger partial charge is 0.459 e. The summed E-state index contributed by atoms with van der Waals surface area (Å²) in [5.74, 6) is 0.527. The Morgan fingerprint density at radius 2 is 1.87 bits per heavy atom. The van der Waals surface area contributed by atoms with Crippen molar-refractivity contribution in [2.75, 3.05) is 6.61 Å². The van der Waals surface area contributed by atoms with Crippen LogP contribution in [0.1, 0.15) is 53.6 Å². The summed E-state index contributed by atoms with van der Waals surface area (Å²) < 4.78 is 5.96. The summed E-state index contributed by atoms with van der Waals surface area (Å²) in [6, 6.07) is 18.0. The highest BCUT2D eigenvalue weighted by atomic mass is 16.5. The first-order valence-electron chi connectivity index (χ1n) is 11.2. The van der Waals surface area contributed by atoms with Gasteiger partial charge in [0.25, 0.3) is 0 Å². The van der Waals surface area contributed by atoms with Crippen LogP contribution in [0.4, 0.5) is 0 Å². The summed E-state index contributed by atoms with van der Waals surface area (Å²) in [5, 5.41) is 10.5. The molecule has 0 amide bonds. The van der Waals surface area contributed by atoms with E-state index in [1.165, 1.54) is 11.1 Å². The van der Waals surface area contributed by atoms with Crippen LogP contribution in [0.3, 0.4) is 0 Å². The lowest BCUT2D eigenvalue weighted by Gasteiger charge is -2.55. The molecular weight excluding hydrogens is 372 g/mol. The van der Waals surface area contributed by atoms with Gasteiger partial charge in [-0.15, -0.1) is 6.58 Å². The van der Waals surface area contributed by atoms with Gasteiger partial charge in [-0.1, -0.05) is 48.5 Å². The maximum Gasteiger partial charge on any atom is 0.338 e. The molecule has 0 bridgehead atoms. The zero-order valence-corrected chi connectivity index (χ0v) is 17.4. The number of hydrogen-bond donors (Lipinski definition) is 1. The monoisotopic (exact) mass is 402 g/mol. The Balaban J connectivity index is 1.44. The van der Waals surface area contributed by atoms with Gasteiger partial charge in [-0.3, -0.25) is 0 Å². The third kappa shape index (κ3) is 2.86. The lowest BCUT2D eigenvalue weighted by molar-refractivity contribution is -0.0251. The van der Waals surface area contributed by atoms with E-state index >= 15 is 0 Å². The van der Waals surface area contributed by atoms with Gasteiger partial charge in [0.15, 0.2) is 0 Å². The molecule has 3 nitrogen and oxygen atoms in total. The van der Waals surface area contributed by atoms with Gasteiger partial charge in [0, 0.05) is 17.4 Å². The molecule has 156 valence electrons. The van der Waals surface area contributed by atoms with Crippen molar-refractivity contribution in [3.8, 4) is 0 Å². The first-order valence-corrected chi connectivity index (χ1v) is 11.2. The van der Waals surface area contributed by atoms with E-state index in [4.69, 9.17) is 4.74 Å². The minimum Gasteiger partial charge on any atom is -0.459 e. The van der Waals surface area contributed by atoms with Crippen LogP contribution in [0.25, 0.3) is 0 Å². The zero-order chi connectivity index (χ0) is 20.8. The molecule has 0 radical (unpaired) electrons. The van der Waals surface area contributed by atoms with Crippen molar-refractivity contribution in [3.05, 3.63) is 83.9 Å². The number of esters is 1. The van der Waals surface area contributed by atoms with Crippen LogP contribution in [-0.4, -0.2) is 23.8 Å². The topological polar surface area (TPSA) is 46.5 Å². The number of hydrogen-bond acceptors (Lipinski definition) is 3. The Morgan fingerprint density at radius 3 is 2.63 bits per heavy atom. The molecule has 3 heteroatoms. The number of allylic oxidation sites excluding steroid dienone is 1. The fourth-order valence-corrected chi connectivity index (χ4v) is 6.90. The molecule has 2 aromatic rings. The third-order valence-corrected chi connectivity index (χ3v) is 8.33. The molecule has 1 N–H and O–H groups in total. The van der Waals surface area contributed by atoms with Gasteiger partial charge in [-0.05, 0) is 73.6 Å². The molecule has 5 rings (SSSR count). The normalized spacial score (nSPS) is 34.4. The minimum absolute atomic E-state index is 0.0312. The maximum absolute atomic E-state index is 12.7. The number of ether oxygens (including phenoxy) is 1. The smallest absolute Gasteiger partial charge is 0.338 e. The second-order valence-corrected chi connectivity index (χ2v) is 9.51. The van der Waals surface area contributed by atoms with Crippen LogP contribution in [0.2, 0.25) is 0 Å². The minimum atomic E-state index is -0.253. The lowest BCUT2D eigenvalue weighted by atomic mass is 9.48. The van der Waals surface area contributed by atoms with Crippen molar-refractivity contribution in [2.24, 2.45) is 17.3 Å². The summed E-state index contributed by atoms with van der Waals surface area (Å²) >= 11 is 0. The Labute approximate surface area is 178 Å². The van der Waals surface area contributed by atoms with Crippen LogP contribution in [-0.2, 0) is 16.6 Å². The Morgan fingerprint density at radius 1 is 1.10 bits per heavy atom. The molecule has 0 unspecified atom stereocenters. The Bertz CT molecular complexity index is 952. The molecular formula is C27H30O3. The number of aliphatic hydroxyl groups excluding tert-OH is 1. The third-order valence-electron chi connectivity index (χ3n) is 8.33. The van der Waals surface area contributed by atoms with E-state index < -0.39 is 0 Å². The van der Waals surface area contributed by atoms with Crippen molar-refractivity contribution < 1.29 is 14.6 Å². The Hall–Kier alpha value is -2.39. The SMILES string of the molecule is C=C[C@]12CC[C@]3(CO)C[C@H](OC(=O)c4ccccc4)C[C@H]3[C@@H]1CCc1ccccc12. The van der Waals surface area contributed by atoms with E-state index in [0.717, 1.165) is 38.5 Å². The average Bonchev–Trinajstić information content (AvgIpc) is 3.18. The van der Waals surface area contributed by atoms with E-state index in [1.807, 2.05) is 18.2 Å². The second kappa shape index (κ2) is 7.39. The molecule has 0 spiro atoms. The number of benzene rings is 2. The van der Waals surface area contributed by atoms with Crippen molar-refractivity contribution in [3.63, 3.8) is 0 Å². The first-order chi connectivity index (χ1) is 14.6. The zero-order valence-electron chi connectivity index (χ0n) is 17.4. The fourth-order valence-electron chi connectivity index (χ4n) is 6.90. The molecule has 2 aromatic carbocycles. The second-order valence-electron chi connectivity index (χ2n) is 9.51. The van der Waals surface area contributed by atoms with Gasteiger partial charge in [-0.25, -0.2) is 4.79 Å². The number of rotatable bonds is 4. The van der Waals surface area contributed by atoms with Crippen LogP contribution in [0.5, 0.6) is 0 Å². The molecule has 2 saturated carbocycles. The molecule has 0 aliphatic heterocycles. The predicted molar refractivity (Wildman–Crippen MR) is 117 cm³/mol. The lowest BCUT2D eigenvalue weighted by Crippen LogP contribution is -2.51. The van der Waals surface area contributed by atoms with Gasteiger partial charge in [0.2, 0.25) is 0 Å². The molecule has 5 atom stereocenters. The van der Waals surface area contributed by atoms with Gasteiger partial charge < -0.3 is 9.84 Å². The van der Waals surface area contributed by atoms with E-state index in [0.29, 0.717) is 17.4 Å². The standard InChI is InChI=1S/C27H30O3/c1-2-27-15-14-26(18-28)17-21(30-25(29)20-9-4-3-5-10-20)16-24(26)23(27)13-12-19-8-6-7-11-22(19)27/h2-11,21,23-24,28H,1,12-18H2/t21-,23+,24+,26-,27-/m1/s1. The molecule has 30 heavy (non-hydrogen) atoms. The highest BCUT2D eigenvalue weighted by Crippen LogP contribution is 2.64. The number of fused-ring (bicyclic) bond motifs is 5. The van der Waals surface area contributed by atoms with Gasteiger partial charge in [0.05, 0.1) is 5.56 Å². The van der Waals surface area contributed by atoms with Gasteiger partial charge >= 0.3 is 5.97 Å². The quantitative estimate of drug-likeness (QED) is 0.573. The van der Waals surface area contributed by atoms with Crippen molar-refractivity contribution in [2.45, 2.75) is 50.0 Å². The number of carbonyl (C=O) groups excluding carboxylic acids is 1. The van der Waals surface area contributed by atoms with Gasteiger partial charge in [0.1, 0.15) is 6.10 Å². The van der Waals surface area contributed by atoms with Crippen LogP contribution in [0.15, 0.2) is 67.3 Å². The number of carbonyl (C=O) groups is 1. The molecule has 0 saturated heterocycles. The fraction of sp³-hybridized carbons (Fsp3) is 0.444. The van der Waals surface area contributed by atoms with Gasteiger partial charge in [-0.2, -0.15) is 0 Å². The Kier molecular flexibility index (Phi) is 4.82.